The van der Waals surface area contributed by atoms with Crippen molar-refractivity contribution in [3.63, 3.8) is 0 Å². The summed E-state index contributed by atoms with van der Waals surface area (Å²) < 4.78 is 2.75. The van der Waals surface area contributed by atoms with Crippen LogP contribution in [0.2, 0.25) is 0 Å². The Labute approximate surface area is 165 Å². The van der Waals surface area contributed by atoms with E-state index in [0.717, 1.165) is 41.7 Å². The average Bonchev–Trinajstić information content (AvgIpc) is 3.15. The van der Waals surface area contributed by atoms with Crippen molar-refractivity contribution < 1.29 is 4.79 Å². The van der Waals surface area contributed by atoms with Gasteiger partial charge in [0, 0.05) is 23.0 Å². The number of hydrogen-bond acceptors (Lipinski definition) is 3. The molecule has 6 heteroatoms. The van der Waals surface area contributed by atoms with Crippen LogP contribution in [0.4, 0.5) is 0 Å². The molecule has 0 aliphatic carbocycles. The molecule has 2 heterocycles. The zero-order chi connectivity index (χ0) is 19.0. The van der Waals surface area contributed by atoms with Crippen LogP contribution in [0.3, 0.4) is 0 Å². The summed E-state index contributed by atoms with van der Waals surface area (Å²) >= 11 is 3.43. The first-order valence-electron chi connectivity index (χ1n) is 9.16. The van der Waals surface area contributed by atoms with Gasteiger partial charge in [0.15, 0.2) is 0 Å². The number of carbonyl (C=O) groups excluding carboxylic acids is 1. The summed E-state index contributed by atoms with van der Waals surface area (Å²) in [6.45, 7) is 2.77. The molecule has 4 rings (SSSR count). The van der Waals surface area contributed by atoms with Gasteiger partial charge in [0.05, 0.1) is 16.9 Å². The topological polar surface area (TPSA) is 64.0 Å². The van der Waals surface area contributed by atoms with Gasteiger partial charge in [-0.1, -0.05) is 35.0 Å². The van der Waals surface area contributed by atoms with Crippen molar-refractivity contribution in [2.75, 3.05) is 0 Å². The molecule has 1 unspecified atom stereocenters. The summed E-state index contributed by atoms with van der Waals surface area (Å²) in [7, 11) is 0. The molecule has 0 spiro atoms. The van der Waals surface area contributed by atoms with Crippen LogP contribution in [0, 0.1) is 0 Å². The van der Waals surface area contributed by atoms with Crippen LogP contribution in [0.25, 0.3) is 10.9 Å². The SMILES string of the molecule is CCC(NC(=O)c1ccc2c(=O)n3c(nc2c1)CCC3)c1ccc(Br)cc1. The molecule has 0 bridgehead atoms. The summed E-state index contributed by atoms with van der Waals surface area (Å²) in [6.07, 6.45) is 2.54. The maximum absolute atomic E-state index is 12.8. The molecular formula is C21H20BrN3O2. The Balaban J connectivity index is 1.63. The summed E-state index contributed by atoms with van der Waals surface area (Å²) in [5.41, 5.74) is 2.16. The second-order valence-corrected chi connectivity index (χ2v) is 7.72. The molecule has 0 saturated heterocycles. The molecule has 0 fully saturated rings. The Hall–Kier alpha value is -2.47. The Morgan fingerprint density at radius 2 is 2.04 bits per heavy atom. The third-order valence-electron chi connectivity index (χ3n) is 5.06. The van der Waals surface area contributed by atoms with Crippen LogP contribution in [0.15, 0.2) is 51.7 Å². The molecular weight excluding hydrogens is 406 g/mol. The number of aryl methyl sites for hydroxylation is 1. The number of benzene rings is 2. The van der Waals surface area contributed by atoms with Gasteiger partial charge in [-0.3, -0.25) is 14.2 Å². The highest BCUT2D eigenvalue weighted by Gasteiger charge is 2.18. The number of fused-ring (bicyclic) bond motifs is 2. The largest absolute Gasteiger partial charge is 0.345 e. The van der Waals surface area contributed by atoms with E-state index in [1.54, 1.807) is 22.8 Å². The fourth-order valence-electron chi connectivity index (χ4n) is 3.58. The summed E-state index contributed by atoms with van der Waals surface area (Å²) in [5.74, 6) is 0.653. The molecule has 1 aliphatic heterocycles. The predicted octanol–water partition coefficient (Wildman–Crippen LogP) is 3.99. The second kappa shape index (κ2) is 7.27. The first kappa shape index (κ1) is 17.9. The lowest BCUT2D eigenvalue weighted by atomic mass is 10.0. The van der Waals surface area contributed by atoms with E-state index in [9.17, 15) is 9.59 Å². The molecule has 1 aromatic heterocycles. The minimum atomic E-state index is -0.158. The molecule has 1 aliphatic rings. The van der Waals surface area contributed by atoms with E-state index in [2.05, 4.69) is 26.2 Å². The standard InChI is InChI=1S/C21H20BrN3O2/c1-2-17(13-5-8-15(22)9-6-13)24-20(26)14-7-10-16-18(12-14)23-19-4-3-11-25(19)21(16)27/h5-10,12,17H,2-4,11H2,1H3,(H,24,26). The molecule has 3 aromatic rings. The van der Waals surface area contributed by atoms with E-state index in [0.29, 0.717) is 16.5 Å². The molecule has 0 radical (unpaired) electrons. The van der Waals surface area contributed by atoms with Crippen molar-refractivity contribution in [1.29, 1.82) is 0 Å². The lowest BCUT2D eigenvalue weighted by Gasteiger charge is -2.18. The number of halogens is 1. The van der Waals surface area contributed by atoms with Gasteiger partial charge >= 0.3 is 0 Å². The van der Waals surface area contributed by atoms with Crippen molar-refractivity contribution in [3.8, 4) is 0 Å². The van der Waals surface area contributed by atoms with Crippen molar-refractivity contribution in [2.24, 2.45) is 0 Å². The maximum Gasteiger partial charge on any atom is 0.261 e. The number of hydrogen-bond donors (Lipinski definition) is 1. The van der Waals surface area contributed by atoms with Gasteiger partial charge in [-0.2, -0.15) is 0 Å². The third kappa shape index (κ3) is 3.41. The zero-order valence-corrected chi connectivity index (χ0v) is 16.6. The molecule has 1 amide bonds. The number of rotatable bonds is 4. The van der Waals surface area contributed by atoms with Crippen molar-refractivity contribution >= 4 is 32.7 Å². The number of amides is 1. The quantitative estimate of drug-likeness (QED) is 0.687. The second-order valence-electron chi connectivity index (χ2n) is 6.81. The molecule has 138 valence electrons. The third-order valence-corrected chi connectivity index (χ3v) is 5.59. The van der Waals surface area contributed by atoms with Crippen molar-refractivity contribution in [3.05, 3.63) is 74.2 Å². The Morgan fingerprint density at radius 3 is 2.78 bits per heavy atom. The number of carbonyl (C=O) groups is 1. The van der Waals surface area contributed by atoms with E-state index in [1.807, 2.05) is 31.2 Å². The fourth-order valence-corrected chi connectivity index (χ4v) is 3.85. The van der Waals surface area contributed by atoms with E-state index in [4.69, 9.17) is 0 Å². The number of nitrogens with zero attached hydrogens (tertiary/aromatic N) is 2. The number of nitrogens with one attached hydrogen (secondary N) is 1. The molecule has 1 N–H and O–H groups in total. The van der Waals surface area contributed by atoms with Gasteiger partial charge < -0.3 is 5.32 Å². The highest BCUT2D eigenvalue weighted by atomic mass is 79.9. The van der Waals surface area contributed by atoms with Crippen LogP contribution in [0.5, 0.6) is 0 Å². The molecule has 5 nitrogen and oxygen atoms in total. The highest BCUT2D eigenvalue weighted by Crippen LogP contribution is 2.21. The van der Waals surface area contributed by atoms with Gasteiger partial charge in [-0.25, -0.2) is 4.98 Å². The molecule has 27 heavy (non-hydrogen) atoms. The van der Waals surface area contributed by atoms with Gasteiger partial charge in [-0.15, -0.1) is 0 Å². The van der Waals surface area contributed by atoms with Gasteiger partial charge in [0.25, 0.3) is 11.5 Å². The lowest BCUT2D eigenvalue weighted by Crippen LogP contribution is -2.28. The zero-order valence-electron chi connectivity index (χ0n) is 15.0. The Kier molecular flexibility index (Phi) is 4.83. The van der Waals surface area contributed by atoms with Crippen molar-refractivity contribution in [1.82, 2.24) is 14.9 Å². The van der Waals surface area contributed by atoms with Crippen LogP contribution < -0.4 is 10.9 Å². The Bertz CT molecular complexity index is 1070. The summed E-state index contributed by atoms with van der Waals surface area (Å²) in [5, 5.41) is 3.65. The fraction of sp³-hybridized carbons (Fsp3) is 0.286. The van der Waals surface area contributed by atoms with E-state index in [1.165, 1.54) is 0 Å². The van der Waals surface area contributed by atoms with E-state index < -0.39 is 0 Å². The smallest absolute Gasteiger partial charge is 0.261 e. The van der Waals surface area contributed by atoms with Crippen molar-refractivity contribution in [2.45, 2.75) is 38.8 Å². The summed E-state index contributed by atoms with van der Waals surface area (Å²) in [6, 6.07) is 13.0. The minimum Gasteiger partial charge on any atom is -0.345 e. The lowest BCUT2D eigenvalue weighted by molar-refractivity contribution is 0.0935. The van der Waals surface area contributed by atoms with Crippen LogP contribution in [-0.4, -0.2) is 15.5 Å². The predicted molar refractivity (Wildman–Crippen MR) is 109 cm³/mol. The van der Waals surface area contributed by atoms with Gasteiger partial charge in [-0.05, 0) is 48.7 Å². The normalized spacial score (nSPS) is 14.1. The first-order valence-corrected chi connectivity index (χ1v) is 9.96. The maximum atomic E-state index is 12.8. The first-order chi connectivity index (χ1) is 13.1. The molecule has 1 atom stereocenters. The molecule has 2 aromatic carbocycles. The van der Waals surface area contributed by atoms with E-state index >= 15 is 0 Å². The van der Waals surface area contributed by atoms with E-state index in [-0.39, 0.29) is 17.5 Å². The minimum absolute atomic E-state index is 0.0132. The number of aromatic nitrogens is 2. The molecule has 0 saturated carbocycles. The van der Waals surface area contributed by atoms with Crippen LogP contribution in [0.1, 0.15) is 47.6 Å². The van der Waals surface area contributed by atoms with Gasteiger partial charge in [0.1, 0.15) is 5.82 Å². The Morgan fingerprint density at radius 1 is 1.26 bits per heavy atom. The summed E-state index contributed by atoms with van der Waals surface area (Å²) in [4.78, 5) is 29.9. The highest BCUT2D eigenvalue weighted by molar-refractivity contribution is 9.10. The van der Waals surface area contributed by atoms with Crippen LogP contribution >= 0.6 is 15.9 Å². The van der Waals surface area contributed by atoms with Gasteiger partial charge in [0.2, 0.25) is 0 Å². The van der Waals surface area contributed by atoms with Crippen LogP contribution in [-0.2, 0) is 13.0 Å². The average molecular weight is 426 g/mol. The monoisotopic (exact) mass is 425 g/mol.